The lowest BCUT2D eigenvalue weighted by Gasteiger charge is -2.03. The molecule has 27 heavy (non-hydrogen) atoms. The standard InChI is InChI=1S/C20H15ClFN3OS/c21-14-5-3-13(4-6-14)16-11-27-20-18(16)19(26)24-17(25-20)10-23-9-12-1-7-15(22)8-2-12/h1-8,11,23H,9-10H2,(H,24,25,26)/p+1. The van der Waals surface area contributed by atoms with Gasteiger partial charge in [-0.3, -0.25) is 4.79 Å². The zero-order chi connectivity index (χ0) is 18.8. The van der Waals surface area contributed by atoms with Crippen LogP contribution in [0.15, 0.2) is 58.7 Å². The molecular formula is C20H16ClFN3OS+. The number of nitrogens with one attached hydrogen (secondary N) is 1. The second-order valence-corrected chi connectivity index (χ2v) is 7.47. The van der Waals surface area contributed by atoms with Gasteiger partial charge in [0.2, 0.25) is 0 Å². The fourth-order valence-electron chi connectivity index (χ4n) is 2.93. The Bertz CT molecular complexity index is 1140. The van der Waals surface area contributed by atoms with Gasteiger partial charge in [-0.2, -0.15) is 0 Å². The molecule has 0 radical (unpaired) electrons. The van der Waals surface area contributed by atoms with Crippen molar-refractivity contribution in [3.63, 3.8) is 0 Å². The first kappa shape index (κ1) is 17.9. The van der Waals surface area contributed by atoms with Crippen LogP contribution in [0, 0.1) is 5.82 Å². The van der Waals surface area contributed by atoms with Crippen molar-refractivity contribution in [1.82, 2.24) is 9.97 Å². The van der Waals surface area contributed by atoms with E-state index < -0.39 is 0 Å². The molecule has 2 aromatic heterocycles. The monoisotopic (exact) mass is 400 g/mol. The summed E-state index contributed by atoms with van der Waals surface area (Å²) >= 11 is 7.40. The van der Waals surface area contributed by atoms with E-state index in [-0.39, 0.29) is 11.4 Å². The molecule has 0 aliphatic carbocycles. The van der Waals surface area contributed by atoms with Gasteiger partial charge in [-0.15, -0.1) is 11.3 Å². The molecule has 0 atom stereocenters. The van der Waals surface area contributed by atoms with E-state index in [2.05, 4.69) is 9.97 Å². The van der Waals surface area contributed by atoms with E-state index in [0.717, 1.165) is 16.7 Å². The smallest absolute Gasteiger partial charge is 0.260 e. The molecule has 0 amide bonds. The van der Waals surface area contributed by atoms with E-state index in [4.69, 9.17) is 11.6 Å². The maximum Gasteiger partial charge on any atom is 0.260 e. The topological polar surface area (TPSA) is 62.4 Å². The summed E-state index contributed by atoms with van der Waals surface area (Å²) in [5, 5.41) is 5.22. The highest BCUT2D eigenvalue weighted by atomic mass is 35.5. The first-order valence-electron chi connectivity index (χ1n) is 8.42. The highest BCUT2D eigenvalue weighted by Crippen LogP contribution is 2.31. The Balaban J connectivity index is 1.55. The van der Waals surface area contributed by atoms with Crippen LogP contribution in [-0.2, 0) is 13.1 Å². The molecule has 7 heteroatoms. The number of benzene rings is 2. The molecule has 2 heterocycles. The zero-order valence-electron chi connectivity index (χ0n) is 14.2. The molecule has 4 rings (SSSR count). The number of aromatic nitrogens is 2. The minimum atomic E-state index is -0.246. The highest BCUT2D eigenvalue weighted by molar-refractivity contribution is 7.17. The maximum atomic E-state index is 12.9. The Morgan fingerprint density at radius 2 is 1.81 bits per heavy atom. The van der Waals surface area contributed by atoms with Gasteiger partial charge in [0.25, 0.3) is 5.56 Å². The van der Waals surface area contributed by atoms with Gasteiger partial charge in [0, 0.05) is 21.5 Å². The van der Waals surface area contributed by atoms with Gasteiger partial charge >= 0.3 is 0 Å². The van der Waals surface area contributed by atoms with E-state index in [0.29, 0.717) is 34.2 Å². The third-order valence-corrected chi connectivity index (χ3v) is 5.40. The van der Waals surface area contributed by atoms with Crippen LogP contribution >= 0.6 is 22.9 Å². The summed E-state index contributed by atoms with van der Waals surface area (Å²) in [6, 6.07) is 13.8. The predicted molar refractivity (Wildman–Crippen MR) is 106 cm³/mol. The molecule has 0 bridgehead atoms. The lowest BCUT2D eigenvalue weighted by molar-refractivity contribution is -0.687. The van der Waals surface area contributed by atoms with Gasteiger partial charge in [-0.25, -0.2) is 9.37 Å². The van der Waals surface area contributed by atoms with Crippen molar-refractivity contribution in [3.8, 4) is 11.1 Å². The van der Waals surface area contributed by atoms with Crippen molar-refractivity contribution in [3.05, 3.63) is 86.5 Å². The van der Waals surface area contributed by atoms with E-state index in [1.54, 1.807) is 24.3 Å². The Morgan fingerprint density at radius 1 is 1.07 bits per heavy atom. The molecule has 0 saturated carbocycles. The third kappa shape index (κ3) is 3.93. The quantitative estimate of drug-likeness (QED) is 0.536. The van der Waals surface area contributed by atoms with Crippen molar-refractivity contribution in [2.24, 2.45) is 0 Å². The molecule has 0 aliphatic heterocycles. The third-order valence-electron chi connectivity index (χ3n) is 4.28. The Morgan fingerprint density at radius 3 is 2.56 bits per heavy atom. The molecule has 3 N–H and O–H groups in total. The Kier molecular flexibility index (Phi) is 5.03. The number of nitrogens with two attached hydrogens (primary N) is 1. The number of fused-ring (bicyclic) bond motifs is 1. The number of hydrogen-bond acceptors (Lipinski definition) is 3. The number of aromatic amines is 1. The zero-order valence-corrected chi connectivity index (χ0v) is 15.8. The van der Waals surface area contributed by atoms with Crippen LogP contribution in [-0.4, -0.2) is 9.97 Å². The number of rotatable bonds is 5. The van der Waals surface area contributed by atoms with Crippen LogP contribution in [0.3, 0.4) is 0 Å². The molecule has 2 aromatic carbocycles. The average Bonchev–Trinajstić information content (AvgIpc) is 3.09. The Hall–Kier alpha value is -2.54. The van der Waals surface area contributed by atoms with Crippen LogP contribution in [0.4, 0.5) is 4.39 Å². The van der Waals surface area contributed by atoms with Crippen LogP contribution in [0.25, 0.3) is 21.3 Å². The minimum absolute atomic E-state index is 0.142. The molecular weight excluding hydrogens is 385 g/mol. The summed E-state index contributed by atoms with van der Waals surface area (Å²) in [4.78, 5) is 20.8. The van der Waals surface area contributed by atoms with E-state index >= 15 is 0 Å². The SMILES string of the molecule is O=c1[nH]c(C[NH2+]Cc2ccc(F)cc2)nc2scc(-c3ccc(Cl)cc3)c12. The highest BCUT2D eigenvalue weighted by Gasteiger charge is 2.13. The lowest BCUT2D eigenvalue weighted by Crippen LogP contribution is -2.81. The number of thiophene rings is 1. The number of quaternary nitrogens is 1. The van der Waals surface area contributed by atoms with Gasteiger partial charge < -0.3 is 10.3 Å². The van der Waals surface area contributed by atoms with Gasteiger partial charge in [-0.05, 0) is 29.8 Å². The first-order chi connectivity index (χ1) is 13.1. The lowest BCUT2D eigenvalue weighted by atomic mass is 10.1. The van der Waals surface area contributed by atoms with Crippen molar-refractivity contribution in [2.45, 2.75) is 13.1 Å². The van der Waals surface area contributed by atoms with Gasteiger partial charge in [0.15, 0.2) is 5.82 Å². The van der Waals surface area contributed by atoms with Crippen molar-refractivity contribution in [2.75, 3.05) is 0 Å². The molecule has 0 saturated heterocycles. The Labute approximate surface area is 163 Å². The summed E-state index contributed by atoms with van der Waals surface area (Å²) in [5.74, 6) is 0.378. The molecule has 0 aliphatic rings. The van der Waals surface area contributed by atoms with Gasteiger partial charge in [-0.1, -0.05) is 35.9 Å². The van der Waals surface area contributed by atoms with Gasteiger partial charge in [0.05, 0.1) is 5.39 Å². The summed E-state index contributed by atoms with van der Waals surface area (Å²) in [6.45, 7) is 1.22. The number of hydrogen-bond donors (Lipinski definition) is 2. The van der Waals surface area contributed by atoms with Gasteiger partial charge in [0.1, 0.15) is 23.7 Å². The maximum absolute atomic E-state index is 12.9. The molecule has 4 nitrogen and oxygen atoms in total. The second kappa shape index (κ2) is 7.60. The first-order valence-corrected chi connectivity index (χ1v) is 9.68. The summed E-state index contributed by atoms with van der Waals surface area (Å²) in [7, 11) is 0. The van der Waals surface area contributed by atoms with E-state index in [1.807, 2.05) is 22.8 Å². The molecule has 0 unspecified atom stereocenters. The van der Waals surface area contributed by atoms with Crippen LogP contribution in [0.2, 0.25) is 5.02 Å². The van der Waals surface area contributed by atoms with E-state index in [1.165, 1.54) is 23.5 Å². The second-order valence-electron chi connectivity index (χ2n) is 6.17. The molecule has 4 aromatic rings. The fraction of sp³-hybridized carbons (Fsp3) is 0.100. The molecule has 0 fully saturated rings. The fourth-order valence-corrected chi connectivity index (χ4v) is 4.02. The van der Waals surface area contributed by atoms with Crippen LogP contribution in [0.1, 0.15) is 11.4 Å². The largest absolute Gasteiger partial charge is 0.336 e. The van der Waals surface area contributed by atoms with Crippen LogP contribution in [0.5, 0.6) is 0 Å². The van der Waals surface area contributed by atoms with Crippen LogP contribution < -0.4 is 10.9 Å². The average molecular weight is 401 g/mol. The number of halogens is 2. The number of nitrogens with zero attached hydrogens (tertiary/aromatic N) is 1. The van der Waals surface area contributed by atoms with Crippen molar-refractivity contribution in [1.29, 1.82) is 0 Å². The van der Waals surface area contributed by atoms with Crippen molar-refractivity contribution < 1.29 is 9.71 Å². The summed E-state index contributed by atoms with van der Waals surface area (Å²) in [5.41, 5.74) is 2.67. The van der Waals surface area contributed by atoms with E-state index in [9.17, 15) is 9.18 Å². The minimum Gasteiger partial charge on any atom is -0.336 e. The normalized spacial score (nSPS) is 11.2. The number of H-pyrrole nitrogens is 1. The summed E-state index contributed by atoms with van der Waals surface area (Å²) in [6.07, 6.45) is 0. The molecule has 0 spiro atoms. The predicted octanol–water partition coefficient (Wildman–Crippen LogP) is 3.71. The molecule has 136 valence electrons. The van der Waals surface area contributed by atoms with Crippen molar-refractivity contribution >= 4 is 33.2 Å². The summed E-state index contributed by atoms with van der Waals surface area (Å²) < 4.78 is 12.9.